The highest BCUT2D eigenvalue weighted by molar-refractivity contribution is 6.30. The van der Waals surface area contributed by atoms with Gasteiger partial charge >= 0.3 is 0 Å². The van der Waals surface area contributed by atoms with Crippen molar-refractivity contribution in [3.63, 3.8) is 0 Å². The molecule has 0 saturated carbocycles. The number of nitrogens with two attached hydrogens (primary N) is 1. The van der Waals surface area contributed by atoms with Crippen LogP contribution in [0.2, 0.25) is 5.02 Å². The highest BCUT2D eigenvalue weighted by Gasteiger charge is 2.23. The lowest BCUT2D eigenvalue weighted by atomic mass is 10.1. The van der Waals surface area contributed by atoms with Crippen LogP contribution in [0.4, 0.5) is 0 Å². The predicted molar refractivity (Wildman–Crippen MR) is 84.4 cm³/mol. The molecule has 0 aliphatic carbocycles. The molecule has 2 N–H and O–H groups in total. The molecule has 4 nitrogen and oxygen atoms in total. The molecule has 0 radical (unpaired) electrons. The van der Waals surface area contributed by atoms with E-state index in [1.807, 2.05) is 29.2 Å². The van der Waals surface area contributed by atoms with E-state index in [9.17, 15) is 4.79 Å². The number of carbonyl (C=O) groups is 1. The maximum atomic E-state index is 12.3. The molecule has 1 aliphatic heterocycles. The fraction of sp³-hybridized carbons (Fsp3) is 0.562. The quantitative estimate of drug-likeness (QED) is 0.820. The predicted octanol–water partition coefficient (Wildman–Crippen LogP) is 2.24. The molecule has 116 valence electrons. The normalized spacial score (nSPS) is 16.2. The SMILES string of the molecule is NCCCOC1CCN(C(=O)Cc2ccc(Cl)cc2)CC1. The number of likely N-dealkylation sites (tertiary alicyclic amines) is 1. The Morgan fingerprint density at radius 3 is 2.57 bits per heavy atom. The van der Waals surface area contributed by atoms with Crippen molar-refractivity contribution in [2.75, 3.05) is 26.2 Å². The number of hydrogen-bond acceptors (Lipinski definition) is 3. The second kappa shape index (κ2) is 8.37. The number of benzene rings is 1. The van der Waals surface area contributed by atoms with E-state index < -0.39 is 0 Å². The molecule has 1 aromatic carbocycles. The van der Waals surface area contributed by atoms with Crippen LogP contribution in [0.15, 0.2) is 24.3 Å². The molecular weight excluding hydrogens is 288 g/mol. The second-order valence-electron chi connectivity index (χ2n) is 5.40. The lowest BCUT2D eigenvalue weighted by Crippen LogP contribution is -2.41. The Balaban J connectivity index is 1.74. The van der Waals surface area contributed by atoms with Crippen molar-refractivity contribution in [1.82, 2.24) is 4.90 Å². The molecule has 1 aromatic rings. The molecule has 0 unspecified atom stereocenters. The Labute approximate surface area is 131 Å². The minimum absolute atomic E-state index is 0.178. The Morgan fingerprint density at radius 2 is 1.95 bits per heavy atom. The fourth-order valence-electron chi connectivity index (χ4n) is 2.49. The number of ether oxygens (including phenoxy) is 1. The van der Waals surface area contributed by atoms with Crippen molar-refractivity contribution >= 4 is 17.5 Å². The third kappa shape index (κ3) is 5.30. The van der Waals surface area contributed by atoms with Crippen LogP contribution < -0.4 is 5.73 Å². The first-order valence-corrected chi connectivity index (χ1v) is 7.90. The van der Waals surface area contributed by atoms with Crippen LogP contribution in [0.3, 0.4) is 0 Å². The van der Waals surface area contributed by atoms with Crippen LogP contribution in [0.25, 0.3) is 0 Å². The van der Waals surface area contributed by atoms with Gasteiger partial charge in [0.15, 0.2) is 0 Å². The summed E-state index contributed by atoms with van der Waals surface area (Å²) in [5, 5.41) is 0.696. The molecule has 2 rings (SSSR count). The summed E-state index contributed by atoms with van der Waals surface area (Å²) in [7, 11) is 0. The summed E-state index contributed by atoms with van der Waals surface area (Å²) >= 11 is 5.85. The van der Waals surface area contributed by atoms with Gasteiger partial charge in [0.2, 0.25) is 5.91 Å². The first-order valence-electron chi connectivity index (χ1n) is 7.53. The van der Waals surface area contributed by atoms with Crippen molar-refractivity contribution < 1.29 is 9.53 Å². The largest absolute Gasteiger partial charge is 0.378 e. The van der Waals surface area contributed by atoms with Gasteiger partial charge in [-0.05, 0) is 43.5 Å². The topological polar surface area (TPSA) is 55.6 Å². The molecule has 1 aliphatic rings. The molecule has 1 amide bonds. The summed E-state index contributed by atoms with van der Waals surface area (Å²) in [5.41, 5.74) is 6.45. The summed E-state index contributed by atoms with van der Waals surface area (Å²) in [6, 6.07) is 7.45. The lowest BCUT2D eigenvalue weighted by molar-refractivity contribution is -0.133. The zero-order valence-electron chi connectivity index (χ0n) is 12.3. The first kappa shape index (κ1) is 16.3. The van der Waals surface area contributed by atoms with Crippen LogP contribution in [0, 0.1) is 0 Å². The summed E-state index contributed by atoms with van der Waals surface area (Å²) < 4.78 is 5.75. The van der Waals surface area contributed by atoms with Gasteiger partial charge in [-0.15, -0.1) is 0 Å². The third-order valence-corrected chi connectivity index (χ3v) is 4.02. The minimum Gasteiger partial charge on any atom is -0.378 e. The van der Waals surface area contributed by atoms with E-state index in [-0.39, 0.29) is 12.0 Å². The van der Waals surface area contributed by atoms with Gasteiger partial charge in [0.05, 0.1) is 12.5 Å². The molecule has 21 heavy (non-hydrogen) atoms. The highest BCUT2D eigenvalue weighted by atomic mass is 35.5. The molecule has 0 aromatic heterocycles. The van der Waals surface area contributed by atoms with E-state index in [0.29, 0.717) is 18.0 Å². The minimum atomic E-state index is 0.178. The lowest BCUT2D eigenvalue weighted by Gasteiger charge is -2.32. The zero-order chi connectivity index (χ0) is 15.1. The van der Waals surface area contributed by atoms with E-state index in [1.54, 1.807) is 0 Å². The van der Waals surface area contributed by atoms with Crippen LogP contribution in [0.5, 0.6) is 0 Å². The second-order valence-corrected chi connectivity index (χ2v) is 5.83. The van der Waals surface area contributed by atoms with Gasteiger partial charge in [0.25, 0.3) is 0 Å². The Hall–Kier alpha value is -1.10. The summed E-state index contributed by atoms with van der Waals surface area (Å²) in [6.45, 7) is 2.94. The molecule has 0 bridgehead atoms. The molecule has 1 fully saturated rings. The van der Waals surface area contributed by atoms with Crippen molar-refractivity contribution in [1.29, 1.82) is 0 Å². The van der Waals surface area contributed by atoms with E-state index in [1.165, 1.54) is 0 Å². The number of nitrogens with zero attached hydrogens (tertiary/aromatic N) is 1. The van der Waals surface area contributed by atoms with Crippen LogP contribution in [-0.2, 0) is 16.0 Å². The first-order chi connectivity index (χ1) is 10.2. The third-order valence-electron chi connectivity index (χ3n) is 3.77. The summed E-state index contributed by atoms with van der Waals surface area (Å²) in [5.74, 6) is 0.178. The van der Waals surface area contributed by atoms with E-state index in [4.69, 9.17) is 22.1 Å². The molecule has 0 spiro atoms. The number of piperidine rings is 1. The fourth-order valence-corrected chi connectivity index (χ4v) is 2.62. The molecule has 5 heteroatoms. The van der Waals surface area contributed by atoms with Gasteiger partial charge in [0.1, 0.15) is 0 Å². The van der Waals surface area contributed by atoms with E-state index >= 15 is 0 Å². The van der Waals surface area contributed by atoms with Gasteiger partial charge in [0, 0.05) is 24.7 Å². The monoisotopic (exact) mass is 310 g/mol. The highest BCUT2D eigenvalue weighted by Crippen LogP contribution is 2.16. The van der Waals surface area contributed by atoms with Gasteiger partial charge in [-0.1, -0.05) is 23.7 Å². The Morgan fingerprint density at radius 1 is 1.29 bits per heavy atom. The Kier molecular flexibility index (Phi) is 6.49. The molecule has 1 heterocycles. The Bertz CT molecular complexity index is 442. The number of carbonyl (C=O) groups excluding carboxylic acids is 1. The van der Waals surface area contributed by atoms with E-state index in [0.717, 1.165) is 44.5 Å². The maximum absolute atomic E-state index is 12.3. The molecular formula is C16H23ClN2O2. The van der Waals surface area contributed by atoms with Gasteiger partial charge < -0.3 is 15.4 Å². The number of hydrogen-bond donors (Lipinski definition) is 1. The van der Waals surface area contributed by atoms with Crippen molar-refractivity contribution in [3.8, 4) is 0 Å². The van der Waals surface area contributed by atoms with Crippen LogP contribution in [-0.4, -0.2) is 43.2 Å². The van der Waals surface area contributed by atoms with Crippen LogP contribution in [0.1, 0.15) is 24.8 Å². The average molecular weight is 311 g/mol. The van der Waals surface area contributed by atoms with Gasteiger partial charge in [-0.3, -0.25) is 4.79 Å². The van der Waals surface area contributed by atoms with Gasteiger partial charge in [-0.25, -0.2) is 0 Å². The van der Waals surface area contributed by atoms with Crippen LogP contribution >= 0.6 is 11.6 Å². The van der Waals surface area contributed by atoms with Crippen molar-refractivity contribution in [2.24, 2.45) is 5.73 Å². The average Bonchev–Trinajstić information content (AvgIpc) is 2.50. The van der Waals surface area contributed by atoms with Gasteiger partial charge in [-0.2, -0.15) is 0 Å². The van der Waals surface area contributed by atoms with Crippen molar-refractivity contribution in [3.05, 3.63) is 34.9 Å². The summed E-state index contributed by atoms with van der Waals surface area (Å²) in [6.07, 6.45) is 3.44. The number of amides is 1. The zero-order valence-corrected chi connectivity index (χ0v) is 13.0. The standard InChI is InChI=1S/C16H23ClN2O2/c17-14-4-2-13(3-5-14)12-16(20)19-9-6-15(7-10-19)21-11-1-8-18/h2-5,15H,1,6-12,18H2. The number of halogens is 1. The van der Waals surface area contributed by atoms with E-state index in [2.05, 4.69) is 0 Å². The van der Waals surface area contributed by atoms with Crippen molar-refractivity contribution in [2.45, 2.75) is 31.8 Å². The number of rotatable bonds is 6. The smallest absolute Gasteiger partial charge is 0.226 e. The summed E-state index contributed by atoms with van der Waals surface area (Å²) in [4.78, 5) is 14.2. The molecule has 1 saturated heterocycles. The molecule has 0 atom stereocenters. The maximum Gasteiger partial charge on any atom is 0.226 e.